The Labute approximate surface area is 203 Å². The van der Waals surface area contributed by atoms with Crippen LogP contribution in [0.15, 0.2) is 39.4 Å². The Kier molecular flexibility index (Phi) is 7.97. The number of nitrogens with zero attached hydrogens (tertiary/aromatic N) is 2. The number of carbonyl (C=O) groups is 1. The molecule has 2 aromatic rings. The molecule has 1 aliphatic heterocycles. The maximum atomic E-state index is 12.8. The van der Waals surface area contributed by atoms with E-state index < -0.39 is 17.1 Å². The van der Waals surface area contributed by atoms with Crippen LogP contribution in [0.1, 0.15) is 58.3 Å². The van der Waals surface area contributed by atoms with E-state index in [0.29, 0.717) is 35.7 Å². The topological polar surface area (TPSA) is 95.4 Å². The molecule has 2 aliphatic rings. The van der Waals surface area contributed by atoms with Crippen molar-refractivity contribution in [2.45, 2.75) is 70.4 Å². The summed E-state index contributed by atoms with van der Waals surface area (Å²) in [5, 5.41) is 10.1. The van der Waals surface area contributed by atoms with Crippen LogP contribution in [0.25, 0.3) is 16.7 Å². The number of rotatable bonds is 3. The van der Waals surface area contributed by atoms with Crippen LogP contribution in [0.2, 0.25) is 0 Å². The number of H-pyrrole nitrogens is 1. The van der Waals surface area contributed by atoms with E-state index in [1.807, 2.05) is 6.92 Å². The number of aromatic amines is 1. The molecule has 162 valence electrons. The van der Waals surface area contributed by atoms with E-state index in [1.165, 1.54) is 36.7 Å². The third-order valence-corrected chi connectivity index (χ3v) is 6.67. The molecular formula is C23H30N3NaO4. The molecule has 1 saturated carbocycles. The standard InChI is InChI=1S/C23H29N3O4.Na.H/c1-15-20(23(29)30)19(13-14-25(15)16-9-5-3-2-4-6-10-16)26-18-12-8-7-11-17(18)24-21(27)22(26)28;;/h7-8,11-12,15-16H,2-6,9-10,13-14H2,1H3,(H,24,27)(H,29,30);;. The van der Waals surface area contributed by atoms with Crippen LogP contribution in [-0.4, -0.2) is 73.7 Å². The van der Waals surface area contributed by atoms with Gasteiger partial charge in [0, 0.05) is 30.7 Å². The fourth-order valence-electron chi connectivity index (χ4n) is 5.20. The van der Waals surface area contributed by atoms with Crippen LogP contribution >= 0.6 is 0 Å². The molecule has 0 radical (unpaired) electrons. The van der Waals surface area contributed by atoms with Crippen LogP contribution in [0, 0.1) is 0 Å². The van der Waals surface area contributed by atoms with E-state index >= 15 is 0 Å². The van der Waals surface area contributed by atoms with E-state index in [9.17, 15) is 19.5 Å². The van der Waals surface area contributed by atoms with Gasteiger partial charge in [-0.15, -0.1) is 0 Å². The van der Waals surface area contributed by atoms with Crippen molar-refractivity contribution in [3.63, 3.8) is 0 Å². The number of benzene rings is 1. The zero-order chi connectivity index (χ0) is 21.3. The normalized spacial score (nSPS) is 21.4. The molecule has 1 aromatic heterocycles. The fraction of sp³-hybridized carbons (Fsp3) is 0.522. The molecule has 8 heteroatoms. The summed E-state index contributed by atoms with van der Waals surface area (Å²) in [7, 11) is 0. The van der Waals surface area contributed by atoms with Gasteiger partial charge in [0.05, 0.1) is 16.6 Å². The first kappa shape index (κ1) is 24.0. The SMILES string of the molecule is CC1C(C(=O)O)=C(n2c(=O)c(=O)[nH]c3ccccc32)CCN1C1CCCCCCC1.[NaH]. The first-order chi connectivity index (χ1) is 14.5. The maximum absolute atomic E-state index is 12.8. The first-order valence-corrected chi connectivity index (χ1v) is 11.0. The van der Waals surface area contributed by atoms with Crippen molar-refractivity contribution in [1.29, 1.82) is 0 Å². The minimum atomic E-state index is -1.02. The van der Waals surface area contributed by atoms with Gasteiger partial charge in [0.25, 0.3) is 0 Å². The van der Waals surface area contributed by atoms with Crippen molar-refractivity contribution in [3.05, 3.63) is 50.5 Å². The predicted molar refractivity (Wildman–Crippen MR) is 124 cm³/mol. The van der Waals surface area contributed by atoms with E-state index in [2.05, 4.69) is 9.88 Å². The van der Waals surface area contributed by atoms with Crippen LogP contribution in [0.4, 0.5) is 0 Å². The van der Waals surface area contributed by atoms with Gasteiger partial charge in [-0.1, -0.05) is 44.2 Å². The van der Waals surface area contributed by atoms with Gasteiger partial charge in [-0.3, -0.25) is 19.1 Å². The van der Waals surface area contributed by atoms with Crippen molar-refractivity contribution in [2.75, 3.05) is 6.54 Å². The Balaban J connectivity index is 0.00000272. The van der Waals surface area contributed by atoms with Gasteiger partial charge in [0.2, 0.25) is 0 Å². The number of hydrogen-bond acceptors (Lipinski definition) is 4. The van der Waals surface area contributed by atoms with Crippen molar-refractivity contribution < 1.29 is 9.90 Å². The summed E-state index contributed by atoms with van der Waals surface area (Å²) >= 11 is 0. The summed E-state index contributed by atoms with van der Waals surface area (Å²) < 4.78 is 1.32. The Morgan fingerprint density at radius 2 is 1.71 bits per heavy atom. The molecule has 1 unspecified atom stereocenters. The molecule has 4 rings (SSSR count). The quantitative estimate of drug-likeness (QED) is 0.571. The second-order valence-corrected chi connectivity index (χ2v) is 8.44. The molecule has 1 aliphatic carbocycles. The average molecular weight is 436 g/mol. The Hall–Kier alpha value is -1.67. The summed E-state index contributed by atoms with van der Waals surface area (Å²) in [4.78, 5) is 42.3. The number of nitrogens with one attached hydrogen (secondary N) is 1. The van der Waals surface area contributed by atoms with E-state index in [-0.39, 0.29) is 41.2 Å². The van der Waals surface area contributed by atoms with Gasteiger partial charge < -0.3 is 10.1 Å². The van der Waals surface area contributed by atoms with Crippen molar-refractivity contribution >= 4 is 52.3 Å². The zero-order valence-electron chi connectivity index (χ0n) is 17.4. The molecule has 7 nitrogen and oxygen atoms in total. The molecule has 31 heavy (non-hydrogen) atoms. The third kappa shape index (κ3) is 4.75. The number of fused-ring (bicyclic) bond motifs is 1. The molecular weight excluding hydrogens is 405 g/mol. The number of carboxylic acids is 1. The van der Waals surface area contributed by atoms with E-state index in [0.717, 1.165) is 12.8 Å². The van der Waals surface area contributed by atoms with Gasteiger partial charge in [-0.2, -0.15) is 0 Å². The van der Waals surface area contributed by atoms with Crippen molar-refractivity contribution in [2.24, 2.45) is 0 Å². The van der Waals surface area contributed by atoms with Gasteiger partial charge in [-0.25, -0.2) is 4.79 Å². The molecule has 1 fully saturated rings. The molecule has 2 heterocycles. The zero-order valence-corrected chi connectivity index (χ0v) is 17.4. The summed E-state index contributed by atoms with van der Waals surface area (Å²) in [6.07, 6.45) is 8.69. The predicted octanol–water partition coefficient (Wildman–Crippen LogP) is 2.54. The average Bonchev–Trinajstić information content (AvgIpc) is 2.69. The number of aromatic nitrogens is 2. The van der Waals surface area contributed by atoms with Crippen molar-refractivity contribution in [1.82, 2.24) is 14.5 Å². The van der Waals surface area contributed by atoms with Crippen molar-refractivity contribution in [3.8, 4) is 0 Å². The Bertz CT molecular complexity index is 1100. The van der Waals surface area contributed by atoms with Crippen LogP contribution in [-0.2, 0) is 4.79 Å². The van der Waals surface area contributed by atoms with E-state index in [1.54, 1.807) is 24.3 Å². The van der Waals surface area contributed by atoms with Gasteiger partial charge in [0.15, 0.2) is 0 Å². The number of para-hydroxylation sites is 2. The molecule has 2 N–H and O–H groups in total. The van der Waals surface area contributed by atoms with Gasteiger partial charge in [0.1, 0.15) is 0 Å². The van der Waals surface area contributed by atoms with Gasteiger partial charge in [-0.05, 0) is 31.9 Å². The molecule has 0 spiro atoms. The Morgan fingerprint density at radius 1 is 1.06 bits per heavy atom. The molecule has 0 bridgehead atoms. The molecule has 1 aromatic carbocycles. The Morgan fingerprint density at radius 3 is 2.39 bits per heavy atom. The summed E-state index contributed by atoms with van der Waals surface area (Å²) in [5.41, 5.74) is 0.248. The summed E-state index contributed by atoms with van der Waals surface area (Å²) in [6.45, 7) is 2.60. The number of carboxylic acid groups (broad SMARTS) is 1. The third-order valence-electron chi connectivity index (χ3n) is 6.67. The van der Waals surface area contributed by atoms with Gasteiger partial charge >= 0.3 is 46.6 Å². The van der Waals surface area contributed by atoms with Crippen LogP contribution in [0.3, 0.4) is 0 Å². The summed E-state index contributed by atoms with van der Waals surface area (Å²) in [5.74, 6) is -1.02. The number of aliphatic carboxylic acids is 1. The second-order valence-electron chi connectivity index (χ2n) is 8.44. The number of hydrogen-bond donors (Lipinski definition) is 2. The molecule has 0 amide bonds. The first-order valence-electron chi connectivity index (χ1n) is 11.0. The molecule has 0 saturated heterocycles. The van der Waals surface area contributed by atoms with Crippen LogP contribution in [0.5, 0.6) is 0 Å². The minimum absolute atomic E-state index is 0. The second kappa shape index (κ2) is 10.3. The fourth-order valence-corrected chi connectivity index (χ4v) is 5.20. The molecule has 1 atom stereocenters. The summed E-state index contributed by atoms with van der Waals surface area (Å²) in [6, 6.07) is 7.07. The van der Waals surface area contributed by atoms with Crippen LogP contribution < -0.4 is 11.1 Å². The van der Waals surface area contributed by atoms with E-state index in [4.69, 9.17) is 0 Å². The monoisotopic (exact) mass is 435 g/mol.